The molecule has 1 amide bonds. The average molecular weight is 307 g/mol. The van der Waals surface area contributed by atoms with Crippen molar-refractivity contribution in [3.8, 4) is 0 Å². The van der Waals surface area contributed by atoms with Crippen molar-refractivity contribution in [2.24, 2.45) is 0 Å². The van der Waals surface area contributed by atoms with Crippen molar-refractivity contribution in [3.63, 3.8) is 0 Å². The molecule has 2 N–H and O–H groups in total. The monoisotopic (exact) mass is 307 g/mol. The molecule has 0 unspecified atom stereocenters. The predicted molar refractivity (Wildman–Crippen MR) is 96.5 cm³/mol. The number of amides is 1. The van der Waals surface area contributed by atoms with Crippen molar-refractivity contribution in [3.05, 3.63) is 59.3 Å². The van der Waals surface area contributed by atoms with Gasteiger partial charge in [-0.05, 0) is 49.2 Å². The zero-order chi connectivity index (χ0) is 16.6. The van der Waals surface area contributed by atoms with Gasteiger partial charge in [-0.1, -0.05) is 18.2 Å². The predicted octanol–water partition coefficient (Wildman–Crippen LogP) is 4.10. The molecule has 3 aromatic rings. The van der Waals surface area contributed by atoms with Crippen LogP contribution in [-0.4, -0.2) is 25.0 Å². The van der Waals surface area contributed by atoms with Crippen LogP contribution in [0.3, 0.4) is 0 Å². The molecule has 23 heavy (non-hydrogen) atoms. The van der Waals surface area contributed by atoms with E-state index in [0.717, 1.165) is 22.3 Å². The second-order valence-corrected chi connectivity index (χ2v) is 6.02. The third-order valence-corrected chi connectivity index (χ3v) is 4.22. The Bertz CT molecular complexity index is 877. The highest BCUT2D eigenvalue weighted by Crippen LogP contribution is 2.26. The number of benzene rings is 2. The number of hydrogen-bond donors (Lipinski definition) is 2. The second kappa shape index (κ2) is 5.80. The number of nitrogens with zero attached hydrogens (tertiary/aromatic N) is 1. The molecule has 118 valence electrons. The van der Waals surface area contributed by atoms with Gasteiger partial charge in [-0.2, -0.15) is 0 Å². The third kappa shape index (κ3) is 2.80. The topological polar surface area (TPSA) is 48.1 Å². The molecule has 1 aromatic heterocycles. The molecule has 0 atom stereocenters. The van der Waals surface area contributed by atoms with Crippen LogP contribution in [0.15, 0.2) is 42.5 Å². The highest BCUT2D eigenvalue weighted by molar-refractivity contribution is 6.07. The number of H-pyrrole nitrogens is 1. The molecule has 0 radical (unpaired) electrons. The first kappa shape index (κ1) is 15.2. The number of anilines is 2. The van der Waals surface area contributed by atoms with Crippen molar-refractivity contribution in [1.29, 1.82) is 0 Å². The van der Waals surface area contributed by atoms with Crippen LogP contribution in [0.25, 0.3) is 10.9 Å². The maximum atomic E-state index is 12.6. The van der Waals surface area contributed by atoms with Gasteiger partial charge in [0.15, 0.2) is 0 Å². The van der Waals surface area contributed by atoms with E-state index >= 15 is 0 Å². The standard InChI is InChI=1S/C19H21N3O/c1-12-9-10-15-14(13(12)2)11-17(20-15)19(23)21-16-7-5-6-8-18(16)22(3)4/h5-11,20H,1-4H3,(H,21,23). The zero-order valence-corrected chi connectivity index (χ0v) is 13.9. The summed E-state index contributed by atoms with van der Waals surface area (Å²) in [6.45, 7) is 4.16. The summed E-state index contributed by atoms with van der Waals surface area (Å²) < 4.78 is 0. The van der Waals surface area contributed by atoms with E-state index in [1.54, 1.807) is 0 Å². The van der Waals surface area contributed by atoms with Crippen LogP contribution in [0.4, 0.5) is 11.4 Å². The lowest BCUT2D eigenvalue weighted by atomic mass is 10.1. The Hall–Kier alpha value is -2.75. The number of fused-ring (bicyclic) bond motifs is 1. The van der Waals surface area contributed by atoms with Gasteiger partial charge in [0.1, 0.15) is 5.69 Å². The van der Waals surface area contributed by atoms with Gasteiger partial charge < -0.3 is 15.2 Å². The summed E-state index contributed by atoms with van der Waals surface area (Å²) in [5.41, 5.74) is 5.76. The first-order chi connectivity index (χ1) is 11.0. The number of hydrogen-bond acceptors (Lipinski definition) is 2. The lowest BCUT2D eigenvalue weighted by Crippen LogP contribution is -2.16. The van der Waals surface area contributed by atoms with Crippen molar-refractivity contribution in [2.75, 3.05) is 24.3 Å². The van der Waals surface area contributed by atoms with Crippen LogP contribution in [0.1, 0.15) is 21.6 Å². The van der Waals surface area contributed by atoms with Crippen LogP contribution in [0, 0.1) is 13.8 Å². The van der Waals surface area contributed by atoms with Gasteiger partial charge in [-0.25, -0.2) is 0 Å². The van der Waals surface area contributed by atoms with E-state index in [-0.39, 0.29) is 5.91 Å². The Labute approximate surface area is 136 Å². The van der Waals surface area contributed by atoms with Crippen molar-refractivity contribution in [1.82, 2.24) is 4.98 Å². The molecule has 4 nitrogen and oxygen atoms in total. The Morgan fingerprint density at radius 1 is 1.09 bits per heavy atom. The molecule has 0 aliphatic rings. The number of aromatic nitrogens is 1. The average Bonchev–Trinajstić information content (AvgIpc) is 2.96. The van der Waals surface area contributed by atoms with Crippen LogP contribution < -0.4 is 10.2 Å². The Kier molecular flexibility index (Phi) is 3.82. The normalized spacial score (nSPS) is 10.8. The van der Waals surface area contributed by atoms with Crippen molar-refractivity contribution >= 4 is 28.2 Å². The third-order valence-electron chi connectivity index (χ3n) is 4.22. The summed E-state index contributed by atoms with van der Waals surface area (Å²) in [4.78, 5) is 17.8. The Morgan fingerprint density at radius 2 is 1.83 bits per heavy atom. The van der Waals surface area contributed by atoms with E-state index in [1.807, 2.05) is 55.4 Å². The Morgan fingerprint density at radius 3 is 2.57 bits per heavy atom. The molecule has 3 rings (SSSR count). The number of carbonyl (C=O) groups excluding carboxylic acids is 1. The minimum atomic E-state index is -0.132. The molecule has 0 aliphatic heterocycles. The van der Waals surface area contributed by atoms with Crippen molar-refractivity contribution < 1.29 is 4.79 Å². The van der Waals surface area contributed by atoms with Crippen LogP contribution >= 0.6 is 0 Å². The lowest BCUT2D eigenvalue weighted by Gasteiger charge is -2.17. The summed E-state index contributed by atoms with van der Waals surface area (Å²) in [5, 5.41) is 4.08. The summed E-state index contributed by atoms with van der Waals surface area (Å²) >= 11 is 0. The number of aryl methyl sites for hydroxylation is 2. The van der Waals surface area contributed by atoms with E-state index in [2.05, 4.69) is 30.2 Å². The number of aromatic amines is 1. The highest BCUT2D eigenvalue weighted by Gasteiger charge is 2.13. The second-order valence-electron chi connectivity index (χ2n) is 6.02. The van der Waals surface area contributed by atoms with Crippen LogP contribution in [-0.2, 0) is 0 Å². The molecular weight excluding hydrogens is 286 g/mol. The molecule has 0 bridgehead atoms. The van der Waals surface area contributed by atoms with Crippen molar-refractivity contribution in [2.45, 2.75) is 13.8 Å². The van der Waals surface area contributed by atoms with E-state index in [4.69, 9.17) is 0 Å². The first-order valence-corrected chi connectivity index (χ1v) is 7.64. The first-order valence-electron chi connectivity index (χ1n) is 7.64. The molecule has 2 aromatic carbocycles. The highest BCUT2D eigenvalue weighted by atomic mass is 16.1. The lowest BCUT2D eigenvalue weighted by molar-refractivity contribution is 0.102. The molecule has 0 saturated heterocycles. The van der Waals surface area contributed by atoms with Gasteiger partial charge >= 0.3 is 0 Å². The maximum Gasteiger partial charge on any atom is 0.272 e. The molecule has 0 spiro atoms. The number of carbonyl (C=O) groups is 1. The quantitative estimate of drug-likeness (QED) is 0.765. The van der Waals surface area contributed by atoms with Gasteiger partial charge in [-0.3, -0.25) is 4.79 Å². The van der Waals surface area contributed by atoms with Gasteiger partial charge in [0.05, 0.1) is 11.4 Å². The number of rotatable bonds is 3. The SMILES string of the molecule is Cc1ccc2[nH]c(C(=O)Nc3ccccc3N(C)C)cc2c1C. The summed E-state index contributed by atoms with van der Waals surface area (Å²) in [5.74, 6) is -0.132. The van der Waals surface area contributed by atoms with E-state index in [0.29, 0.717) is 5.69 Å². The molecular formula is C19H21N3O. The minimum absolute atomic E-state index is 0.132. The van der Waals surface area contributed by atoms with E-state index in [1.165, 1.54) is 11.1 Å². The van der Waals surface area contributed by atoms with Gasteiger partial charge in [-0.15, -0.1) is 0 Å². The molecule has 0 saturated carbocycles. The molecule has 0 aliphatic carbocycles. The smallest absolute Gasteiger partial charge is 0.272 e. The Balaban J connectivity index is 1.94. The largest absolute Gasteiger partial charge is 0.376 e. The summed E-state index contributed by atoms with van der Waals surface area (Å²) in [6.07, 6.45) is 0. The van der Waals surface area contributed by atoms with E-state index < -0.39 is 0 Å². The van der Waals surface area contributed by atoms with Gasteiger partial charge in [0.25, 0.3) is 5.91 Å². The van der Waals surface area contributed by atoms with Crippen LogP contribution in [0.5, 0.6) is 0 Å². The zero-order valence-electron chi connectivity index (χ0n) is 13.9. The fourth-order valence-corrected chi connectivity index (χ4v) is 2.74. The molecule has 1 heterocycles. The van der Waals surface area contributed by atoms with E-state index in [9.17, 15) is 4.79 Å². The summed E-state index contributed by atoms with van der Waals surface area (Å²) in [6, 6.07) is 13.8. The van der Waals surface area contributed by atoms with Gasteiger partial charge in [0, 0.05) is 25.0 Å². The molecule has 4 heteroatoms. The van der Waals surface area contributed by atoms with Crippen LogP contribution in [0.2, 0.25) is 0 Å². The maximum absolute atomic E-state index is 12.6. The molecule has 0 fully saturated rings. The number of nitrogens with one attached hydrogen (secondary N) is 2. The number of para-hydroxylation sites is 2. The van der Waals surface area contributed by atoms with Gasteiger partial charge in [0.2, 0.25) is 0 Å². The fraction of sp³-hybridized carbons (Fsp3) is 0.211. The fourth-order valence-electron chi connectivity index (χ4n) is 2.74. The minimum Gasteiger partial charge on any atom is -0.376 e. The summed E-state index contributed by atoms with van der Waals surface area (Å²) in [7, 11) is 3.92.